The minimum atomic E-state index is 0.114. The van der Waals surface area contributed by atoms with E-state index in [1.165, 1.54) is 6.20 Å². The quantitative estimate of drug-likeness (QED) is 0.890. The molecule has 1 aromatic rings. The number of anilines is 1. The Labute approximate surface area is 114 Å². The minimum Gasteiger partial charge on any atom is -0.368 e. The number of rotatable bonds is 5. The third kappa shape index (κ3) is 4.52. The van der Waals surface area contributed by atoms with E-state index in [0.29, 0.717) is 16.4 Å². The Morgan fingerprint density at radius 3 is 2.67 bits per heavy atom. The van der Waals surface area contributed by atoms with Crippen LogP contribution in [-0.4, -0.2) is 37.1 Å². The highest BCUT2D eigenvalue weighted by Crippen LogP contribution is 2.22. The molecule has 0 saturated carbocycles. The number of halogens is 1. The van der Waals surface area contributed by atoms with Gasteiger partial charge in [-0.15, -0.1) is 0 Å². The minimum absolute atomic E-state index is 0.114. The maximum atomic E-state index is 8.74. The van der Waals surface area contributed by atoms with Crippen molar-refractivity contribution in [3.05, 3.63) is 22.8 Å². The van der Waals surface area contributed by atoms with Gasteiger partial charge in [-0.3, -0.25) is 0 Å². The monoisotopic (exact) mass is 266 g/mol. The topological polar surface area (TPSA) is 52.0 Å². The summed E-state index contributed by atoms with van der Waals surface area (Å²) in [5.74, 6) is 0.627. The molecule has 0 fully saturated rings. The fourth-order valence-corrected chi connectivity index (χ4v) is 2.10. The standard InChI is InChI=1S/C13H19ClN4/c1-13(2,9-18(3)4)8-17-12-11(14)5-10(6-15)7-16-12/h5,7H,8-9H2,1-4H3,(H,16,17). The lowest BCUT2D eigenvalue weighted by atomic mass is 9.93. The van der Waals surface area contributed by atoms with Crippen LogP contribution in [0.1, 0.15) is 19.4 Å². The largest absolute Gasteiger partial charge is 0.368 e. The molecule has 5 heteroatoms. The summed E-state index contributed by atoms with van der Waals surface area (Å²) in [6, 6.07) is 3.63. The first-order chi connectivity index (χ1) is 8.34. The molecule has 0 aromatic carbocycles. The molecule has 0 atom stereocenters. The Kier molecular flexibility index (Phi) is 4.94. The van der Waals surface area contributed by atoms with E-state index in [4.69, 9.17) is 16.9 Å². The second kappa shape index (κ2) is 6.03. The van der Waals surface area contributed by atoms with Crippen LogP contribution in [0.15, 0.2) is 12.3 Å². The van der Waals surface area contributed by atoms with Gasteiger partial charge in [0.1, 0.15) is 11.9 Å². The Balaban J connectivity index is 2.67. The van der Waals surface area contributed by atoms with Gasteiger partial charge in [0.25, 0.3) is 0 Å². The van der Waals surface area contributed by atoms with Crippen LogP contribution >= 0.6 is 11.6 Å². The molecule has 1 heterocycles. The highest BCUT2D eigenvalue weighted by molar-refractivity contribution is 6.33. The van der Waals surface area contributed by atoms with Crippen LogP contribution in [0.3, 0.4) is 0 Å². The lowest BCUT2D eigenvalue weighted by Gasteiger charge is -2.28. The summed E-state index contributed by atoms with van der Waals surface area (Å²) in [6.45, 7) is 6.09. The summed E-state index contributed by atoms with van der Waals surface area (Å²) in [5, 5.41) is 12.4. The number of nitriles is 1. The smallest absolute Gasteiger partial charge is 0.144 e. The molecule has 0 spiro atoms. The number of aromatic nitrogens is 1. The summed E-state index contributed by atoms with van der Waals surface area (Å²) >= 11 is 6.06. The van der Waals surface area contributed by atoms with E-state index in [1.807, 2.05) is 6.07 Å². The van der Waals surface area contributed by atoms with Gasteiger partial charge in [0.2, 0.25) is 0 Å². The average Bonchev–Trinajstić information content (AvgIpc) is 2.25. The Hall–Kier alpha value is -1.31. The van der Waals surface area contributed by atoms with Gasteiger partial charge in [0, 0.05) is 19.3 Å². The maximum absolute atomic E-state index is 8.74. The molecular weight excluding hydrogens is 248 g/mol. The van der Waals surface area contributed by atoms with Crippen molar-refractivity contribution in [2.45, 2.75) is 13.8 Å². The maximum Gasteiger partial charge on any atom is 0.144 e. The number of hydrogen-bond acceptors (Lipinski definition) is 4. The van der Waals surface area contributed by atoms with Crippen molar-refractivity contribution in [3.8, 4) is 6.07 Å². The van der Waals surface area contributed by atoms with Gasteiger partial charge < -0.3 is 10.2 Å². The van der Waals surface area contributed by atoms with E-state index in [9.17, 15) is 0 Å². The SMILES string of the molecule is CN(C)CC(C)(C)CNc1ncc(C#N)cc1Cl. The molecule has 1 aromatic heterocycles. The Bertz CT molecular complexity index is 449. The van der Waals surface area contributed by atoms with Gasteiger partial charge in [0.15, 0.2) is 0 Å². The van der Waals surface area contributed by atoms with Crippen LogP contribution in [-0.2, 0) is 0 Å². The van der Waals surface area contributed by atoms with Crippen LogP contribution in [0, 0.1) is 16.7 Å². The summed E-state index contributed by atoms with van der Waals surface area (Å²) < 4.78 is 0. The summed E-state index contributed by atoms with van der Waals surface area (Å²) in [4.78, 5) is 6.30. The van der Waals surface area contributed by atoms with Crippen molar-refractivity contribution in [2.75, 3.05) is 32.5 Å². The molecule has 0 amide bonds. The zero-order valence-electron chi connectivity index (χ0n) is 11.3. The van der Waals surface area contributed by atoms with Crippen molar-refractivity contribution in [3.63, 3.8) is 0 Å². The normalized spacial score (nSPS) is 11.4. The Morgan fingerprint density at radius 1 is 1.50 bits per heavy atom. The van der Waals surface area contributed by atoms with Crippen molar-refractivity contribution >= 4 is 17.4 Å². The molecule has 0 bridgehead atoms. The summed E-state index contributed by atoms with van der Waals surface area (Å²) in [7, 11) is 4.10. The molecule has 0 aliphatic rings. The van der Waals surface area contributed by atoms with Crippen LogP contribution in [0.2, 0.25) is 5.02 Å². The van der Waals surface area contributed by atoms with Gasteiger partial charge in [-0.1, -0.05) is 25.4 Å². The molecule has 0 radical (unpaired) electrons. The van der Waals surface area contributed by atoms with E-state index in [-0.39, 0.29) is 5.41 Å². The molecule has 1 rings (SSSR count). The average molecular weight is 267 g/mol. The fraction of sp³-hybridized carbons (Fsp3) is 0.538. The van der Waals surface area contributed by atoms with Crippen LogP contribution < -0.4 is 5.32 Å². The number of nitrogens with one attached hydrogen (secondary N) is 1. The van der Waals surface area contributed by atoms with Gasteiger partial charge in [-0.25, -0.2) is 4.98 Å². The van der Waals surface area contributed by atoms with E-state index < -0.39 is 0 Å². The Morgan fingerprint density at radius 2 is 2.17 bits per heavy atom. The molecule has 18 heavy (non-hydrogen) atoms. The van der Waals surface area contributed by atoms with Crippen molar-refractivity contribution in [1.82, 2.24) is 9.88 Å². The lowest BCUT2D eigenvalue weighted by molar-refractivity contribution is 0.254. The predicted octanol–water partition coefficient (Wildman–Crippen LogP) is 2.61. The zero-order chi connectivity index (χ0) is 13.8. The summed E-state index contributed by atoms with van der Waals surface area (Å²) in [5.41, 5.74) is 0.584. The molecule has 0 saturated heterocycles. The van der Waals surface area contributed by atoms with Crippen LogP contribution in [0.4, 0.5) is 5.82 Å². The molecule has 0 aliphatic carbocycles. The third-order valence-corrected chi connectivity index (χ3v) is 2.74. The lowest BCUT2D eigenvalue weighted by Crippen LogP contribution is -2.34. The second-order valence-electron chi connectivity index (χ2n) is 5.42. The van der Waals surface area contributed by atoms with E-state index in [2.05, 4.69) is 43.1 Å². The number of nitrogens with zero attached hydrogens (tertiary/aromatic N) is 3. The molecule has 0 aliphatic heterocycles. The second-order valence-corrected chi connectivity index (χ2v) is 5.83. The molecular formula is C13H19ClN4. The molecule has 1 N–H and O–H groups in total. The van der Waals surface area contributed by atoms with Crippen LogP contribution in [0.5, 0.6) is 0 Å². The van der Waals surface area contributed by atoms with E-state index >= 15 is 0 Å². The van der Waals surface area contributed by atoms with Crippen molar-refractivity contribution in [1.29, 1.82) is 5.26 Å². The summed E-state index contributed by atoms with van der Waals surface area (Å²) in [6.07, 6.45) is 1.52. The predicted molar refractivity (Wildman–Crippen MR) is 74.8 cm³/mol. The number of hydrogen-bond donors (Lipinski definition) is 1. The first-order valence-corrected chi connectivity index (χ1v) is 6.16. The van der Waals surface area contributed by atoms with Gasteiger partial charge in [0.05, 0.1) is 10.6 Å². The van der Waals surface area contributed by atoms with E-state index in [0.717, 1.165) is 13.1 Å². The highest BCUT2D eigenvalue weighted by atomic mass is 35.5. The highest BCUT2D eigenvalue weighted by Gasteiger charge is 2.19. The van der Waals surface area contributed by atoms with E-state index in [1.54, 1.807) is 6.07 Å². The third-order valence-electron chi connectivity index (χ3n) is 2.45. The van der Waals surface area contributed by atoms with Crippen molar-refractivity contribution < 1.29 is 0 Å². The van der Waals surface area contributed by atoms with Gasteiger partial charge in [-0.05, 0) is 25.6 Å². The van der Waals surface area contributed by atoms with Crippen molar-refractivity contribution in [2.24, 2.45) is 5.41 Å². The van der Waals surface area contributed by atoms with Gasteiger partial charge >= 0.3 is 0 Å². The molecule has 0 unspecified atom stereocenters. The molecule has 98 valence electrons. The first kappa shape index (κ1) is 14.7. The first-order valence-electron chi connectivity index (χ1n) is 5.78. The zero-order valence-corrected chi connectivity index (χ0v) is 12.0. The van der Waals surface area contributed by atoms with Gasteiger partial charge in [-0.2, -0.15) is 5.26 Å². The fourth-order valence-electron chi connectivity index (χ4n) is 1.86. The van der Waals surface area contributed by atoms with Crippen LogP contribution in [0.25, 0.3) is 0 Å². The number of pyridine rings is 1. The molecule has 4 nitrogen and oxygen atoms in total.